The summed E-state index contributed by atoms with van der Waals surface area (Å²) in [5.41, 5.74) is 0. The van der Waals surface area contributed by atoms with E-state index in [2.05, 4.69) is 20.9 Å². The molecule has 2 rings (SSSR count). The van der Waals surface area contributed by atoms with E-state index in [1.165, 1.54) is 0 Å². The molecule has 1 unspecified atom stereocenters. The van der Waals surface area contributed by atoms with E-state index in [0.29, 0.717) is 11.6 Å². The van der Waals surface area contributed by atoms with E-state index in [1.54, 1.807) is 18.0 Å². The number of thioether (sulfide) groups is 1. The van der Waals surface area contributed by atoms with Gasteiger partial charge in [-0.3, -0.25) is 0 Å². The molecule has 90 valence electrons. The van der Waals surface area contributed by atoms with E-state index in [-0.39, 0.29) is 0 Å². The van der Waals surface area contributed by atoms with Crippen LogP contribution < -0.4 is 0 Å². The molecule has 1 N–H and O–H groups in total. The van der Waals surface area contributed by atoms with E-state index >= 15 is 0 Å². The number of halogens is 1. The third kappa shape index (κ3) is 3.34. The molecule has 3 nitrogen and oxygen atoms in total. The van der Waals surface area contributed by atoms with E-state index < -0.39 is 6.10 Å². The normalized spacial score (nSPS) is 12.6. The van der Waals surface area contributed by atoms with Crippen molar-refractivity contribution in [1.29, 1.82) is 0 Å². The van der Waals surface area contributed by atoms with Gasteiger partial charge in [0.1, 0.15) is 11.9 Å². The quantitative estimate of drug-likeness (QED) is 0.882. The van der Waals surface area contributed by atoms with Crippen LogP contribution in [0.25, 0.3) is 0 Å². The Kier molecular flexibility index (Phi) is 4.25. The van der Waals surface area contributed by atoms with Crippen LogP contribution in [-0.4, -0.2) is 20.4 Å². The zero-order valence-corrected chi connectivity index (χ0v) is 11.8. The fourth-order valence-electron chi connectivity index (χ4n) is 1.50. The van der Waals surface area contributed by atoms with Crippen molar-refractivity contribution in [2.75, 3.05) is 5.75 Å². The van der Waals surface area contributed by atoms with Crippen LogP contribution in [-0.2, 0) is 7.05 Å². The number of benzene rings is 1. The van der Waals surface area contributed by atoms with Gasteiger partial charge in [-0.2, -0.15) is 0 Å². The first kappa shape index (κ1) is 12.7. The maximum Gasteiger partial charge on any atom is 0.138 e. The smallest absolute Gasteiger partial charge is 0.138 e. The first-order valence-electron chi connectivity index (χ1n) is 5.20. The standard InChI is InChI=1S/C12H13BrN2OS/c1-15-6-5-14-12(15)11(16)8-17-10-4-2-3-9(13)7-10/h2-7,11,16H,8H2,1H3. The van der Waals surface area contributed by atoms with Gasteiger partial charge >= 0.3 is 0 Å². The Morgan fingerprint density at radius 1 is 1.53 bits per heavy atom. The maximum atomic E-state index is 10.0. The van der Waals surface area contributed by atoms with Gasteiger partial charge in [-0.25, -0.2) is 4.98 Å². The second-order valence-corrected chi connectivity index (χ2v) is 5.69. The Labute approximate surface area is 113 Å². The first-order chi connectivity index (χ1) is 8.16. The van der Waals surface area contributed by atoms with Crippen LogP contribution in [0.4, 0.5) is 0 Å². The largest absolute Gasteiger partial charge is 0.384 e. The topological polar surface area (TPSA) is 38.0 Å². The van der Waals surface area contributed by atoms with Crippen molar-refractivity contribution < 1.29 is 5.11 Å². The summed E-state index contributed by atoms with van der Waals surface area (Å²) in [6, 6.07) is 8.04. The molecule has 2 aromatic rings. The number of imidazole rings is 1. The lowest BCUT2D eigenvalue weighted by Crippen LogP contribution is -2.07. The Bertz CT molecular complexity index is 501. The Hall–Kier alpha value is -0.780. The molecule has 0 saturated carbocycles. The summed E-state index contributed by atoms with van der Waals surface area (Å²) in [6.45, 7) is 0. The molecular formula is C12H13BrN2OS. The van der Waals surface area contributed by atoms with Crippen molar-refractivity contribution in [3.05, 3.63) is 47.0 Å². The highest BCUT2D eigenvalue weighted by Crippen LogP contribution is 2.25. The van der Waals surface area contributed by atoms with Gasteiger partial charge in [-0.1, -0.05) is 22.0 Å². The predicted octanol–water partition coefficient (Wildman–Crippen LogP) is 3.01. The minimum atomic E-state index is -0.543. The van der Waals surface area contributed by atoms with Gasteiger partial charge in [0.05, 0.1) is 0 Å². The summed E-state index contributed by atoms with van der Waals surface area (Å²) < 4.78 is 2.89. The summed E-state index contributed by atoms with van der Waals surface area (Å²) in [5.74, 6) is 1.30. The van der Waals surface area contributed by atoms with Gasteiger partial charge in [0, 0.05) is 34.6 Å². The van der Waals surface area contributed by atoms with Crippen LogP contribution in [0.2, 0.25) is 0 Å². The van der Waals surface area contributed by atoms with E-state index in [9.17, 15) is 5.11 Å². The predicted molar refractivity (Wildman–Crippen MR) is 73.0 cm³/mol. The van der Waals surface area contributed by atoms with E-state index in [1.807, 2.05) is 42.1 Å². The minimum absolute atomic E-state index is 0.543. The molecule has 1 atom stereocenters. The van der Waals surface area contributed by atoms with Crippen LogP contribution in [0, 0.1) is 0 Å². The van der Waals surface area contributed by atoms with Crippen LogP contribution >= 0.6 is 27.7 Å². The zero-order chi connectivity index (χ0) is 12.3. The van der Waals surface area contributed by atoms with Crippen molar-refractivity contribution in [2.24, 2.45) is 7.05 Å². The molecule has 0 aliphatic heterocycles. The van der Waals surface area contributed by atoms with Crippen LogP contribution in [0.1, 0.15) is 11.9 Å². The molecule has 0 aliphatic carbocycles. The number of hydrogen-bond donors (Lipinski definition) is 1. The molecule has 1 aromatic carbocycles. The second kappa shape index (κ2) is 5.71. The highest BCUT2D eigenvalue weighted by atomic mass is 79.9. The minimum Gasteiger partial charge on any atom is -0.384 e. The number of rotatable bonds is 4. The van der Waals surface area contributed by atoms with Crippen molar-refractivity contribution in [1.82, 2.24) is 9.55 Å². The number of nitrogens with zero attached hydrogens (tertiary/aromatic N) is 2. The Morgan fingerprint density at radius 2 is 2.35 bits per heavy atom. The van der Waals surface area contributed by atoms with Gasteiger partial charge in [0.2, 0.25) is 0 Å². The Morgan fingerprint density at radius 3 is 3.00 bits per heavy atom. The summed E-state index contributed by atoms with van der Waals surface area (Å²) >= 11 is 5.04. The molecule has 1 heterocycles. The molecular weight excluding hydrogens is 300 g/mol. The highest BCUT2D eigenvalue weighted by Gasteiger charge is 2.12. The van der Waals surface area contributed by atoms with Gasteiger partial charge in [0.25, 0.3) is 0 Å². The summed E-state index contributed by atoms with van der Waals surface area (Å²) in [5, 5.41) is 10.0. The number of aliphatic hydroxyl groups is 1. The third-order valence-electron chi connectivity index (χ3n) is 2.36. The van der Waals surface area contributed by atoms with Crippen LogP contribution in [0.15, 0.2) is 46.0 Å². The fourth-order valence-corrected chi connectivity index (χ4v) is 2.94. The van der Waals surface area contributed by atoms with Crippen LogP contribution in [0.5, 0.6) is 0 Å². The Balaban J connectivity index is 1.97. The molecule has 0 bridgehead atoms. The van der Waals surface area contributed by atoms with Crippen molar-refractivity contribution >= 4 is 27.7 Å². The monoisotopic (exact) mass is 312 g/mol. The highest BCUT2D eigenvalue weighted by molar-refractivity contribution is 9.10. The fraction of sp³-hybridized carbons (Fsp3) is 0.250. The molecule has 0 spiro atoms. The molecule has 1 aromatic heterocycles. The van der Waals surface area contributed by atoms with E-state index in [4.69, 9.17) is 0 Å². The number of aryl methyl sites for hydroxylation is 1. The average Bonchev–Trinajstić information content (AvgIpc) is 2.72. The summed E-state index contributed by atoms with van der Waals surface area (Å²) in [7, 11) is 1.88. The van der Waals surface area contributed by atoms with Crippen LogP contribution in [0.3, 0.4) is 0 Å². The lowest BCUT2D eigenvalue weighted by Gasteiger charge is -2.10. The van der Waals surface area contributed by atoms with Gasteiger partial charge < -0.3 is 9.67 Å². The number of aliphatic hydroxyl groups excluding tert-OH is 1. The molecule has 0 aliphatic rings. The average molecular weight is 313 g/mol. The lowest BCUT2D eigenvalue weighted by molar-refractivity contribution is 0.190. The third-order valence-corrected chi connectivity index (χ3v) is 3.92. The van der Waals surface area contributed by atoms with Crippen molar-refractivity contribution in [2.45, 2.75) is 11.0 Å². The molecule has 0 amide bonds. The molecule has 17 heavy (non-hydrogen) atoms. The van der Waals surface area contributed by atoms with Gasteiger partial charge in [-0.15, -0.1) is 11.8 Å². The molecule has 5 heteroatoms. The van der Waals surface area contributed by atoms with Gasteiger partial charge in [0.15, 0.2) is 0 Å². The number of hydrogen-bond acceptors (Lipinski definition) is 3. The summed E-state index contributed by atoms with van der Waals surface area (Å²) in [4.78, 5) is 5.27. The van der Waals surface area contributed by atoms with Crippen molar-refractivity contribution in [3.8, 4) is 0 Å². The lowest BCUT2D eigenvalue weighted by atomic mass is 10.4. The second-order valence-electron chi connectivity index (χ2n) is 3.68. The van der Waals surface area contributed by atoms with Gasteiger partial charge in [-0.05, 0) is 18.2 Å². The summed E-state index contributed by atoms with van der Waals surface area (Å²) in [6.07, 6.45) is 2.99. The molecule has 0 fully saturated rings. The first-order valence-corrected chi connectivity index (χ1v) is 6.98. The molecule has 0 radical (unpaired) electrons. The molecule has 0 saturated heterocycles. The SMILES string of the molecule is Cn1ccnc1C(O)CSc1cccc(Br)c1. The maximum absolute atomic E-state index is 10.0. The van der Waals surface area contributed by atoms with E-state index in [0.717, 1.165) is 9.37 Å². The van der Waals surface area contributed by atoms with Crippen molar-refractivity contribution in [3.63, 3.8) is 0 Å². The zero-order valence-electron chi connectivity index (χ0n) is 9.38. The number of aromatic nitrogens is 2.